The highest BCUT2D eigenvalue weighted by molar-refractivity contribution is 8.06. The first-order valence-electron chi connectivity index (χ1n) is 5.97. The van der Waals surface area contributed by atoms with Gasteiger partial charge in [0.15, 0.2) is 0 Å². The van der Waals surface area contributed by atoms with Crippen LogP contribution in [0.1, 0.15) is 16.5 Å². The molecule has 0 aliphatic rings. The van der Waals surface area contributed by atoms with Crippen molar-refractivity contribution in [1.82, 2.24) is 0 Å². The van der Waals surface area contributed by atoms with Gasteiger partial charge in [-0.05, 0) is 24.6 Å². The molecule has 5 heteroatoms. The molecule has 0 aliphatic carbocycles. The second-order valence-corrected chi connectivity index (χ2v) is 6.73. The summed E-state index contributed by atoms with van der Waals surface area (Å²) in [5.41, 5.74) is 1.39. The molecule has 0 radical (unpaired) electrons. The van der Waals surface area contributed by atoms with Gasteiger partial charge in [-0.15, -0.1) is 11.6 Å². The van der Waals surface area contributed by atoms with Gasteiger partial charge in [0.05, 0.1) is 4.90 Å². The number of sulfone groups is 1. The fraction of sp³-hybridized carbons (Fsp3) is 0.133. The molecule has 0 spiro atoms. The predicted molar refractivity (Wildman–Crippen MR) is 78.4 cm³/mol. The van der Waals surface area contributed by atoms with Gasteiger partial charge in [-0.2, -0.15) is 0 Å². The minimum Gasteiger partial charge on any atom is -0.279 e. The van der Waals surface area contributed by atoms with Crippen molar-refractivity contribution in [2.75, 3.05) is 0 Å². The van der Waals surface area contributed by atoms with Crippen molar-refractivity contribution in [2.24, 2.45) is 0 Å². The van der Waals surface area contributed by atoms with Crippen LogP contribution in [0, 0.1) is 6.92 Å². The Morgan fingerprint density at radius 3 is 2.10 bits per heavy atom. The number of alkyl halides is 1. The number of hydrogen-bond acceptors (Lipinski definition) is 3. The molecule has 1 atom stereocenters. The molecule has 0 aromatic heterocycles. The van der Waals surface area contributed by atoms with Crippen molar-refractivity contribution in [1.29, 1.82) is 0 Å². The van der Waals surface area contributed by atoms with E-state index in [1.165, 1.54) is 12.1 Å². The molecule has 0 N–H and O–H groups in total. The lowest BCUT2D eigenvalue weighted by atomic mass is 10.2. The van der Waals surface area contributed by atoms with Crippen molar-refractivity contribution in [3.63, 3.8) is 0 Å². The molecule has 2 rings (SSSR count). The largest absolute Gasteiger partial charge is 0.279 e. The Morgan fingerprint density at radius 2 is 1.55 bits per heavy atom. The molecule has 0 bridgehead atoms. The number of rotatable bonds is 3. The summed E-state index contributed by atoms with van der Waals surface area (Å²) in [7, 11) is -4.07. The van der Waals surface area contributed by atoms with Crippen LogP contribution in [0.3, 0.4) is 0 Å². The Bertz CT molecular complexity index is 707. The quantitative estimate of drug-likeness (QED) is 0.818. The summed E-state index contributed by atoms with van der Waals surface area (Å²) in [6, 6.07) is 14.5. The zero-order chi connectivity index (χ0) is 14.8. The maximum atomic E-state index is 12.2. The van der Waals surface area contributed by atoms with Crippen LogP contribution < -0.4 is 0 Å². The fourth-order valence-corrected chi connectivity index (χ4v) is 3.36. The Morgan fingerprint density at radius 1 is 1.00 bits per heavy atom. The summed E-state index contributed by atoms with van der Waals surface area (Å²) in [5, 5.41) is -2.21. The number of carbonyl (C=O) groups excluding carboxylic acids is 1. The van der Waals surface area contributed by atoms with Crippen LogP contribution in [0.25, 0.3) is 0 Å². The van der Waals surface area contributed by atoms with E-state index in [4.69, 9.17) is 11.6 Å². The molecule has 0 heterocycles. The van der Waals surface area contributed by atoms with E-state index in [1.54, 1.807) is 42.5 Å². The van der Waals surface area contributed by atoms with E-state index in [1.807, 2.05) is 6.92 Å². The van der Waals surface area contributed by atoms with Gasteiger partial charge in [0, 0.05) is 0 Å². The highest BCUT2D eigenvalue weighted by Crippen LogP contribution is 2.26. The first-order chi connectivity index (χ1) is 9.43. The van der Waals surface area contributed by atoms with Crippen LogP contribution in [0.4, 0.5) is 0 Å². The lowest BCUT2D eigenvalue weighted by Crippen LogP contribution is -2.19. The summed E-state index contributed by atoms with van der Waals surface area (Å²) in [6.45, 7) is 1.84. The number of benzene rings is 2. The minimum atomic E-state index is -4.07. The Labute approximate surface area is 123 Å². The van der Waals surface area contributed by atoms with Gasteiger partial charge in [-0.3, -0.25) is 4.79 Å². The third-order valence-corrected chi connectivity index (χ3v) is 5.13. The van der Waals surface area contributed by atoms with Crippen molar-refractivity contribution < 1.29 is 13.2 Å². The smallest absolute Gasteiger partial charge is 0.273 e. The lowest BCUT2D eigenvalue weighted by Gasteiger charge is -2.09. The molecule has 1 unspecified atom stereocenters. The monoisotopic (exact) mass is 308 g/mol. The summed E-state index contributed by atoms with van der Waals surface area (Å²) in [4.78, 5) is 12.1. The van der Waals surface area contributed by atoms with Gasteiger partial charge >= 0.3 is 0 Å². The van der Waals surface area contributed by atoms with Gasteiger partial charge < -0.3 is 0 Å². The van der Waals surface area contributed by atoms with E-state index in [2.05, 4.69) is 0 Å². The van der Waals surface area contributed by atoms with Crippen LogP contribution in [-0.4, -0.2) is 13.5 Å². The maximum absolute atomic E-state index is 12.2. The zero-order valence-electron chi connectivity index (χ0n) is 10.8. The summed E-state index contributed by atoms with van der Waals surface area (Å²) in [5.74, 6) is 0. The maximum Gasteiger partial charge on any atom is 0.273 e. The molecule has 2 aromatic rings. The van der Waals surface area contributed by atoms with Crippen molar-refractivity contribution in [3.05, 3.63) is 65.7 Å². The normalized spacial score (nSPS) is 12.9. The van der Waals surface area contributed by atoms with Crippen LogP contribution in [0.5, 0.6) is 0 Å². The molecule has 0 fully saturated rings. The SMILES string of the molecule is Cc1ccc(S(=O)(=O)C(=O)C(Cl)c2ccccc2)cc1. The molecular weight excluding hydrogens is 296 g/mol. The van der Waals surface area contributed by atoms with Gasteiger partial charge in [0.2, 0.25) is 9.84 Å². The standard InChI is InChI=1S/C15H13ClO3S/c1-11-7-9-13(10-8-11)20(18,19)15(17)14(16)12-5-3-2-4-6-12/h2-10,14H,1H3. The molecule has 0 saturated carbocycles. The fourth-order valence-electron chi connectivity index (χ4n) is 1.73. The van der Waals surface area contributed by atoms with Crippen molar-refractivity contribution >= 4 is 26.6 Å². The zero-order valence-corrected chi connectivity index (χ0v) is 12.4. The highest BCUT2D eigenvalue weighted by Gasteiger charge is 2.32. The third-order valence-electron chi connectivity index (χ3n) is 2.90. The molecule has 20 heavy (non-hydrogen) atoms. The Kier molecular flexibility index (Phi) is 4.26. The number of carbonyl (C=O) groups is 1. The third kappa shape index (κ3) is 2.92. The van der Waals surface area contributed by atoms with Gasteiger partial charge in [0.1, 0.15) is 5.38 Å². The molecule has 104 valence electrons. The number of halogens is 1. The van der Waals surface area contributed by atoms with Crippen LogP contribution in [0.2, 0.25) is 0 Å². The Balaban J connectivity index is 2.35. The van der Waals surface area contributed by atoms with Gasteiger partial charge in [-0.25, -0.2) is 8.42 Å². The molecule has 0 saturated heterocycles. The van der Waals surface area contributed by atoms with Gasteiger partial charge in [-0.1, -0.05) is 48.0 Å². The summed E-state index contributed by atoms with van der Waals surface area (Å²) < 4.78 is 24.4. The van der Waals surface area contributed by atoms with Crippen molar-refractivity contribution in [2.45, 2.75) is 17.2 Å². The highest BCUT2D eigenvalue weighted by atomic mass is 35.5. The average molecular weight is 309 g/mol. The number of aryl methyl sites for hydroxylation is 1. The van der Waals surface area contributed by atoms with E-state index in [-0.39, 0.29) is 4.90 Å². The van der Waals surface area contributed by atoms with E-state index < -0.39 is 20.3 Å². The molecular formula is C15H13ClO3S. The van der Waals surface area contributed by atoms with E-state index in [0.29, 0.717) is 5.56 Å². The average Bonchev–Trinajstić information content (AvgIpc) is 2.47. The van der Waals surface area contributed by atoms with Crippen LogP contribution >= 0.6 is 11.6 Å². The summed E-state index contributed by atoms with van der Waals surface area (Å²) in [6.07, 6.45) is 0. The van der Waals surface area contributed by atoms with Crippen LogP contribution in [-0.2, 0) is 14.6 Å². The Hall–Kier alpha value is -1.65. The molecule has 3 nitrogen and oxygen atoms in total. The lowest BCUT2D eigenvalue weighted by molar-refractivity contribution is -0.111. The predicted octanol–water partition coefficient (Wildman–Crippen LogP) is 3.28. The molecule has 0 aliphatic heterocycles. The second-order valence-electron chi connectivity index (χ2n) is 4.41. The van der Waals surface area contributed by atoms with Gasteiger partial charge in [0.25, 0.3) is 5.12 Å². The van der Waals surface area contributed by atoms with E-state index in [0.717, 1.165) is 5.56 Å². The van der Waals surface area contributed by atoms with Crippen molar-refractivity contribution in [3.8, 4) is 0 Å². The van der Waals surface area contributed by atoms with Crippen LogP contribution in [0.15, 0.2) is 59.5 Å². The first kappa shape index (κ1) is 14.8. The first-order valence-corrected chi connectivity index (χ1v) is 7.89. The minimum absolute atomic E-state index is 0.0327. The van der Waals surface area contributed by atoms with E-state index in [9.17, 15) is 13.2 Å². The number of hydrogen-bond donors (Lipinski definition) is 0. The topological polar surface area (TPSA) is 51.2 Å². The molecule has 2 aromatic carbocycles. The second kappa shape index (κ2) is 5.77. The molecule has 0 amide bonds. The summed E-state index contributed by atoms with van der Waals surface area (Å²) >= 11 is 5.99. The van der Waals surface area contributed by atoms with E-state index >= 15 is 0 Å².